The Morgan fingerprint density at radius 3 is 2.29 bits per heavy atom. The summed E-state index contributed by atoms with van der Waals surface area (Å²) in [6.07, 6.45) is 0. The molecular weight excluding hydrogens is 214 g/mol. The molecule has 0 atom stereocenters. The van der Waals surface area contributed by atoms with Crippen molar-refractivity contribution in [3.8, 4) is 5.75 Å². The van der Waals surface area contributed by atoms with Crippen molar-refractivity contribution in [3.05, 3.63) is 28.3 Å². The average Bonchev–Trinajstić information content (AvgIpc) is 2.01. The van der Waals surface area contributed by atoms with Crippen LogP contribution in [0.15, 0.2) is 23.1 Å². The maximum absolute atomic E-state index is 10.6. The topological polar surface area (TPSA) is 118 Å². The molecule has 14 heavy (non-hydrogen) atoms. The Hall–Kier alpha value is -1.67. The highest BCUT2D eigenvalue weighted by Crippen LogP contribution is 2.24. The number of hydrogen-bond acceptors (Lipinski definition) is 5. The maximum atomic E-state index is 10.6. The van der Waals surface area contributed by atoms with Crippen LogP contribution in [0.25, 0.3) is 0 Å². The highest BCUT2D eigenvalue weighted by Gasteiger charge is 2.16. The zero-order valence-corrected chi connectivity index (χ0v) is 7.43. The normalized spacial score (nSPS) is 11.2. The number of phenols is 1. The Labute approximate surface area is 78.5 Å². The molecule has 0 spiro atoms. The van der Waals surface area contributed by atoms with Gasteiger partial charge in [0.25, 0.3) is 15.8 Å². The molecule has 0 aliphatic carbocycles. The maximum Gasteiger partial charge on any atom is 0.294 e. The quantitative estimate of drug-likeness (QED) is 0.426. The first-order valence-electron chi connectivity index (χ1n) is 3.26. The molecule has 0 radical (unpaired) electrons. The van der Waals surface area contributed by atoms with E-state index in [-0.39, 0.29) is 0 Å². The Morgan fingerprint density at radius 1 is 1.29 bits per heavy atom. The van der Waals surface area contributed by atoms with E-state index in [4.69, 9.17) is 9.66 Å². The molecule has 0 bridgehead atoms. The summed E-state index contributed by atoms with van der Waals surface area (Å²) in [6.45, 7) is 0. The summed E-state index contributed by atoms with van der Waals surface area (Å²) in [5.41, 5.74) is -0.613. The van der Waals surface area contributed by atoms with Crippen molar-refractivity contribution in [2.24, 2.45) is 0 Å². The number of nitro groups is 1. The Bertz CT molecular complexity index is 479. The summed E-state index contributed by atoms with van der Waals surface area (Å²) in [5.74, 6) is -0.605. The molecule has 2 N–H and O–H groups in total. The van der Waals surface area contributed by atoms with Crippen LogP contribution in [-0.4, -0.2) is 23.0 Å². The van der Waals surface area contributed by atoms with Crippen LogP contribution in [0.3, 0.4) is 0 Å². The summed E-state index contributed by atoms with van der Waals surface area (Å²) in [7, 11) is -4.55. The van der Waals surface area contributed by atoms with Crippen LogP contribution < -0.4 is 0 Å². The monoisotopic (exact) mass is 219 g/mol. The molecule has 76 valence electrons. The molecule has 0 aliphatic heterocycles. The SMILES string of the molecule is O=[N+]([O-])c1cc(O)cc(S(=O)(=O)O)c1. The Morgan fingerprint density at radius 2 is 1.86 bits per heavy atom. The molecular formula is C6H5NO6S. The van der Waals surface area contributed by atoms with Crippen molar-refractivity contribution in [3.63, 3.8) is 0 Å². The van der Waals surface area contributed by atoms with Crippen molar-refractivity contribution in [1.29, 1.82) is 0 Å². The number of rotatable bonds is 2. The minimum Gasteiger partial charge on any atom is -0.508 e. The molecule has 0 heterocycles. The van der Waals surface area contributed by atoms with Crippen LogP contribution in [0, 0.1) is 10.1 Å². The van der Waals surface area contributed by atoms with Gasteiger partial charge in [0.1, 0.15) is 10.6 Å². The van der Waals surface area contributed by atoms with Crippen molar-refractivity contribution >= 4 is 15.8 Å². The van der Waals surface area contributed by atoms with Crippen LogP contribution in [0.5, 0.6) is 5.75 Å². The van der Waals surface area contributed by atoms with Gasteiger partial charge in [0.05, 0.1) is 11.0 Å². The summed E-state index contributed by atoms with van der Waals surface area (Å²) in [6, 6.07) is 2.13. The van der Waals surface area contributed by atoms with Crippen LogP contribution in [0.4, 0.5) is 5.69 Å². The van der Waals surface area contributed by atoms with Gasteiger partial charge in [-0.15, -0.1) is 0 Å². The fraction of sp³-hybridized carbons (Fsp3) is 0. The van der Waals surface area contributed by atoms with E-state index in [0.29, 0.717) is 12.1 Å². The lowest BCUT2D eigenvalue weighted by Crippen LogP contribution is -1.99. The molecule has 1 rings (SSSR count). The van der Waals surface area contributed by atoms with Crippen molar-refractivity contribution in [2.45, 2.75) is 4.90 Å². The van der Waals surface area contributed by atoms with Crippen molar-refractivity contribution in [1.82, 2.24) is 0 Å². The molecule has 8 heteroatoms. The van der Waals surface area contributed by atoms with E-state index in [1.165, 1.54) is 0 Å². The zero-order chi connectivity index (χ0) is 10.9. The molecule has 0 aliphatic rings. The standard InChI is InChI=1S/C6H5NO6S/c8-5-1-4(7(9)10)2-6(3-5)14(11,12)13/h1-3,8H,(H,11,12,13). The first-order chi connectivity index (χ1) is 6.30. The number of nitrogens with zero attached hydrogens (tertiary/aromatic N) is 1. The van der Waals surface area contributed by atoms with Gasteiger partial charge >= 0.3 is 0 Å². The number of non-ortho nitro benzene ring substituents is 1. The number of nitro benzene ring substituents is 1. The fourth-order valence-corrected chi connectivity index (χ4v) is 1.36. The molecule has 7 nitrogen and oxygen atoms in total. The van der Waals surface area contributed by atoms with Crippen LogP contribution in [-0.2, 0) is 10.1 Å². The third-order valence-electron chi connectivity index (χ3n) is 1.38. The summed E-state index contributed by atoms with van der Waals surface area (Å²) in [5, 5.41) is 19.2. The third kappa shape index (κ3) is 2.18. The average molecular weight is 219 g/mol. The van der Waals surface area contributed by atoms with Gasteiger partial charge in [0.15, 0.2) is 0 Å². The number of phenolic OH excluding ortho intramolecular Hbond substituents is 1. The largest absolute Gasteiger partial charge is 0.508 e. The van der Waals surface area contributed by atoms with E-state index in [0.717, 1.165) is 6.07 Å². The van der Waals surface area contributed by atoms with E-state index < -0.39 is 31.4 Å². The Kier molecular flexibility index (Phi) is 2.41. The Balaban J connectivity index is 3.43. The second-order valence-electron chi connectivity index (χ2n) is 2.42. The van der Waals surface area contributed by atoms with Gasteiger partial charge in [-0.3, -0.25) is 14.7 Å². The first kappa shape index (κ1) is 10.4. The molecule has 0 unspecified atom stereocenters. The number of hydrogen-bond donors (Lipinski definition) is 2. The molecule has 1 aromatic carbocycles. The van der Waals surface area contributed by atoms with Gasteiger partial charge in [-0.05, 0) is 0 Å². The highest BCUT2D eigenvalue weighted by molar-refractivity contribution is 7.85. The minimum atomic E-state index is -4.55. The van der Waals surface area contributed by atoms with Gasteiger partial charge in [0.2, 0.25) is 0 Å². The molecule has 0 aromatic heterocycles. The fourth-order valence-electron chi connectivity index (χ4n) is 0.822. The molecule has 0 fully saturated rings. The van der Waals surface area contributed by atoms with Crippen molar-refractivity contribution in [2.75, 3.05) is 0 Å². The van der Waals surface area contributed by atoms with E-state index in [2.05, 4.69) is 0 Å². The second-order valence-corrected chi connectivity index (χ2v) is 3.84. The molecule has 0 saturated carbocycles. The van der Waals surface area contributed by atoms with E-state index in [9.17, 15) is 18.5 Å². The lowest BCUT2D eigenvalue weighted by atomic mass is 10.3. The van der Waals surface area contributed by atoms with Gasteiger partial charge in [-0.2, -0.15) is 8.42 Å². The lowest BCUT2D eigenvalue weighted by molar-refractivity contribution is -0.385. The van der Waals surface area contributed by atoms with Crippen LogP contribution in [0.1, 0.15) is 0 Å². The van der Waals surface area contributed by atoms with E-state index in [1.54, 1.807) is 0 Å². The van der Waals surface area contributed by atoms with Gasteiger partial charge in [0, 0.05) is 12.1 Å². The van der Waals surface area contributed by atoms with E-state index in [1.807, 2.05) is 0 Å². The third-order valence-corrected chi connectivity index (χ3v) is 2.22. The zero-order valence-electron chi connectivity index (χ0n) is 6.61. The molecule has 0 amide bonds. The van der Waals surface area contributed by atoms with Gasteiger partial charge in [-0.25, -0.2) is 0 Å². The number of aromatic hydroxyl groups is 1. The van der Waals surface area contributed by atoms with Crippen molar-refractivity contribution < 1.29 is 23.0 Å². The molecule has 0 saturated heterocycles. The number of benzene rings is 1. The van der Waals surface area contributed by atoms with E-state index >= 15 is 0 Å². The minimum absolute atomic E-state index is 0.605. The first-order valence-corrected chi connectivity index (χ1v) is 4.70. The van der Waals surface area contributed by atoms with Gasteiger partial charge in [-0.1, -0.05) is 0 Å². The summed E-state index contributed by atoms with van der Waals surface area (Å²) in [4.78, 5) is 8.65. The molecule has 1 aromatic rings. The smallest absolute Gasteiger partial charge is 0.294 e. The predicted molar refractivity (Wildman–Crippen MR) is 44.6 cm³/mol. The lowest BCUT2D eigenvalue weighted by Gasteiger charge is -1.98. The van der Waals surface area contributed by atoms with Crippen LogP contribution >= 0.6 is 0 Å². The van der Waals surface area contributed by atoms with Crippen LogP contribution in [0.2, 0.25) is 0 Å². The summed E-state index contributed by atoms with van der Waals surface area (Å²) >= 11 is 0. The highest BCUT2D eigenvalue weighted by atomic mass is 32.2. The second kappa shape index (κ2) is 3.24. The van der Waals surface area contributed by atoms with Gasteiger partial charge < -0.3 is 5.11 Å². The predicted octanol–water partition coefficient (Wildman–Crippen LogP) is 0.547. The summed E-state index contributed by atoms with van der Waals surface area (Å²) < 4.78 is 29.7.